The summed E-state index contributed by atoms with van der Waals surface area (Å²) in [6.07, 6.45) is -4.99. The fourth-order valence-electron chi connectivity index (χ4n) is 2.84. The van der Waals surface area contributed by atoms with Crippen LogP contribution in [0.4, 0.5) is 13.2 Å². The predicted molar refractivity (Wildman–Crippen MR) is 90.8 cm³/mol. The molecule has 1 aliphatic heterocycles. The summed E-state index contributed by atoms with van der Waals surface area (Å²) in [4.78, 5) is 0. The van der Waals surface area contributed by atoms with Crippen LogP contribution in [0.25, 0.3) is 0 Å². The van der Waals surface area contributed by atoms with Gasteiger partial charge in [0, 0.05) is 13.1 Å². The number of ether oxygens (including phenoxy) is 1. The van der Waals surface area contributed by atoms with E-state index in [0.29, 0.717) is 11.1 Å². The first kappa shape index (κ1) is 18.9. The average Bonchev–Trinajstić information content (AvgIpc) is 2.62. The van der Waals surface area contributed by atoms with Crippen molar-refractivity contribution in [3.8, 4) is 0 Å². The Morgan fingerprint density at radius 3 is 2.31 bits per heavy atom. The van der Waals surface area contributed by atoms with Crippen molar-refractivity contribution >= 4 is 10.0 Å². The van der Waals surface area contributed by atoms with Gasteiger partial charge in [-0.25, -0.2) is 8.42 Å². The SMILES string of the molecule is O=S(=O)(Cc1ccccc1)N1CCO[C@H](c2ccc(C(F)(F)F)cc2)C1. The minimum atomic E-state index is -4.41. The van der Waals surface area contributed by atoms with Crippen LogP contribution in [0, 0.1) is 0 Å². The molecule has 4 nitrogen and oxygen atoms in total. The molecule has 1 fully saturated rings. The molecule has 0 N–H and O–H groups in total. The van der Waals surface area contributed by atoms with E-state index in [1.807, 2.05) is 6.07 Å². The maximum absolute atomic E-state index is 12.7. The quantitative estimate of drug-likeness (QED) is 0.808. The van der Waals surface area contributed by atoms with Crippen molar-refractivity contribution in [3.05, 3.63) is 71.3 Å². The fraction of sp³-hybridized carbons (Fsp3) is 0.333. The van der Waals surface area contributed by atoms with Gasteiger partial charge in [-0.15, -0.1) is 0 Å². The van der Waals surface area contributed by atoms with Crippen LogP contribution in [-0.2, 0) is 26.7 Å². The van der Waals surface area contributed by atoms with Crippen molar-refractivity contribution in [3.63, 3.8) is 0 Å². The lowest BCUT2D eigenvalue weighted by atomic mass is 10.1. The molecule has 0 aromatic heterocycles. The van der Waals surface area contributed by atoms with Gasteiger partial charge in [0.05, 0.1) is 24.0 Å². The van der Waals surface area contributed by atoms with Crippen molar-refractivity contribution in [2.45, 2.75) is 18.0 Å². The zero-order valence-corrected chi connectivity index (χ0v) is 14.6. The average molecular weight is 385 g/mol. The van der Waals surface area contributed by atoms with Gasteiger partial charge >= 0.3 is 6.18 Å². The van der Waals surface area contributed by atoms with Crippen molar-refractivity contribution in [2.24, 2.45) is 0 Å². The van der Waals surface area contributed by atoms with E-state index in [0.717, 1.165) is 12.1 Å². The zero-order chi connectivity index (χ0) is 18.8. The number of alkyl halides is 3. The second-order valence-corrected chi connectivity index (χ2v) is 8.05. The van der Waals surface area contributed by atoms with Crippen LogP contribution >= 0.6 is 0 Å². The number of nitrogens with zero attached hydrogens (tertiary/aromatic N) is 1. The highest BCUT2D eigenvalue weighted by molar-refractivity contribution is 7.88. The molecule has 1 saturated heterocycles. The van der Waals surface area contributed by atoms with Gasteiger partial charge in [-0.3, -0.25) is 0 Å². The minimum absolute atomic E-state index is 0.0839. The number of morpholine rings is 1. The molecule has 0 aliphatic carbocycles. The molecule has 0 radical (unpaired) electrons. The topological polar surface area (TPSA) is 46.6 Å². The Morgan fingerprint density at radius 1 is 1.04 bits per heavy atom. The molecule has 0 unspecified atom stereocenters. The molecule has 0 spiro atoms. The maximum Gasteiger partial charge on any atom is 0.416 e. The lowest BCUT2D eigenvalue weighted by molar-refractivity contribution is -0.137. The van der Waals surface area contributed by atoms with Gasteiger partial charge in [-0.2, -0.15) is 17.5 Å². The molecule has 1 aliphatic rings. The molecule has 0 bridgehead atoms. The van der Waals surface area contributed by atoms with E-state index >= 15 is 0 Å². The van der Waals surface area contributed by atoms with Crippen LogP contribution < -0.4 is 0 Å². The van der Waals surface area contributed by atoms with E-state index in [-0.39, 0.29) is 25.4 Å². The van der Waals surface area contributed by atoms with E-state index in [4.69, 9.17) is 4.74 Å². The summed E-state index contributed by atoms with van der Waals surface area (Å²) < 4.78 is 70.2. The molecule has 1 atom stereocenters. The van der Waals surface area contributed by atoms with E-state index in [9.17, 15) is 21.6 Å². The monoisotopic (exact) mass is 385 g/mol. The molecule has 2 aromatic carbocycles. The van der Waals surface area contributed by atoms with Crippen LogP contribution in [-0.4, -0.2) is 32.4 Å². The van der Waals surface area contributed by atoms with E-state index in [1.165, 1.54) is 16.4 Å². The molecule has 140 valence electrons. The summed E-state index contributed by atoms with van der Waals surface area (Å²) in [5.74, 6) is -0.117. The number of benzene rings is 2. The van der Waals surface area contributed by atoms with Crippen molar-refractivity contribution in [1.82, 2.24) is 4.31 Å². The third-order valence-electron chi connectivity index (χ3n) is 4.22. The third kappa shape index (κ3) is 4.44. The van der Waals surface area contributed by atoms with Gasteiger partial charge in [0.2, 0.25) is 10.0 Å². The highest BCUT2D eigenvalue weighted by atomic mass is 32.2. The largest absolute Gasteiger partial charge is 0.416 e. The fourth-order valence-corrected chi connectivity index (χ4v) is 4.35. The second-order valence-electron chi connectivity index (χ2n) is 6.08. The van der Waals surface area contributed by atoms with Crippen LogP contribution in [0.2, 0.25) is 0 Å². The smallest absolute Gasteiger partial charge is 0.371 e. The number of rotatable bonds is 4. The Kier molecular flexibility index (Phi) is 5.36. The van der Waals surface area contributed by atoms with Gasteiger partial charge in [0.1, 0.15) is 0 Å². The predicted octanol–water partition coefficient (Wildman–Crippen LogP) is 3.61. The number of halogens is 3. The van der Waals surface area contributed by atoms with Crippen molar-refractivity contribution < 1.29 is 26.3 Å². The first-order valence-corrected chi connectivity index (χ1v) is 9.67. The van der Waals surface area contributed by atoms with Gasteiger partial charge in [-0.1, -0.05) is 42.5 Å². The molecular weight excluding hydrogens is 367 g/mol. The highest BCUT2D eigenvalue weighted by Crippen LogP contribution is 2.31. The summed E-state index contributed by atoms with van der Waals surface area (Å²) in [7, 11) is -3.54. The number of sulfonamides is 1. The van der Waals surface area contributed by atoms with Gasteiger partial charge in [0.25, 0.3) is 0 Å². The first-order chi connectivity index (χ1) is 12.3. The molecule has 1 heterocycles. The first-order valence-electron chi connectivity index (χ1n) is 8.06. The third-order valence-corrected chi connectivity index (χ3v) is 6.04. The molecule has 0 amide bonds. The standard InChI is InChI=1S/C18H18F3NO3S/c19-18(20,21)16-8-6-15(7-9-16)17-12-22(10-11-25-17)26(23,24)13-14-4-2-1-3-5-14/h1-9,17H,10-13H2/t17-/m0/s1. The lowest BCUT2D eigenvalue weighted by Crippen LogP contribution is -2.42. The number of hydrogen-bond acceptors (Lipinski definition) is 3. The normalized spacial score (nSPS) is 19.4. The Labute approximate surface area is 150 Å². The summed E-state index contributed by atoms with van der Waals surface area (Å²) >= 11 is 0. The number of hydrogen-bond donors (Lipinski definition) is 0. The highest BCUT2D eigenvalue weighted by Gasteiger charge is 2.32. The summed E-state index contributed by atoms with van der Waals surface area (Å²) in [6, 6.07) is 13.5. The van der Waals surface area contributed by atoms with Crippen LogP contribution in [0.3, 0.4) is 0 Å². The van der Waals surface area contributed by atoms with Crippen molar-refractivity contribution in [1.29, 1.82) is 0 Å². The molecule has 8 heteroatoms. The summed E-state index contributed by atoms with van der Waals surface area (Å²) in [5, 5.41) is 0. The van der Waals surface area contributed by atoms with Crippen LogP contribution in [0.15, 0.2) is 54.6 Å². The molecule has 0 saturated carbocycles. The Morgan fingerprint density at radius 2 is 1.69 bits per heavy atom. The van der Waals surface area contributed by atoms with Gasteiger partial charge in [-0.05, 0) is 23.3 Å². The van der Waals surface area contributed by atoms with Crippen LogP contribution in [0.1, 0.15) is 22.8 Å². The zero-order valence-electron chi connectivity index (χ0n) is 13.8. The molecule has 26 heavy (non-hydrogen) atoms. The Hall–Kier alpha value is -1.90. The van der Waals surface area contributed by atoms with E-state index in [1.54, 1.807) is 24.3 Å². The maximum atomic E-state index is 12.7. The van der Waals surface area contributed by atoms with Crippen molar-refractivity contribution in [2.75, 3.05) is 19.7 Å². The summed E-state index contributed by atoms with van der Waals surface area (Å²) in [5.41, 5.74) is 0.466. The second kappa shape index (κ2) is 7.38. The molecular formula is C18H18F3NO3S. The molecule has 2 aromatic rings. The van der Waals surface area contributed by atoms with E-state index < -0.39 is 27.9 Å². The lowest BCUT2D eigenvalue weighted by Gasteiger charge is -2.32. The van der Waals surface area contributed by atoms with Gasteiger partial charge in [0.15, 0.2) is 0 Å². The molecule has 3 rings (SSSR count). The Bertz CT molecular complexity index is 836. The van der Waals surface area contributed by atoms with E-state index in [2.05, 4.69) is 0 Å². The van der Waals surface area contributed by atoms with Crippen LogP contribution in [0.5, 0.6) is 0 Å². The Balaban J connectivity index is 1.72. The minimum Gasteiger partial charge on any atom is -0.371 e. The van der Waals surface area contributed by atoms with Gasteiger partial charge < -0.3 is 4.74 Å². The summed E-state index contributed by atoms with van der Waals surface area (Å²) in [6.45, 7) is 0.506.